The van der Waals surface area contributed by atoms with Crippen molar-refractivity contribution < 1.29 is 27.5 Å². The Morgan fingerprint density at radius 2 is 1.54 bits per heavy atom. The molecule has 0 fully saturated rings. The number of nitrogens with one attached hydrogen (secondary N) is 2. The van der Waals surface area contributed by atoms with E-state index in [1.807, 2.05) is 0 Å². The molecule has 2 N–H and O–H groups in total. The summed E-state index contributed by atoms with van der Waals surface area (Å²) in [6, 6.07) is 9.57. The lowest BCUT2D eigenvalue weighted by molar-refractivity contribution is -0.137. The predicted octanol–water partition coefficient (Wildman–Crippen LogP) is 4.27. The molecule has 0 heterocycles. The van der Waals surface area contributed by atoms with Gasteiger partial charge < -0.3 is 15.4 Å². The van der Waals surface area contributed by atoms with Crippen LogP contribution in [0.25, 0.3) is 0 Å². The maximum Gasteiger partial charge on any atom is 0.416 e. The monoisotopic (exact) mass is 338 g/mol. The van der Waals surface area contributed by atoms with Crippen LogP contribution >= 0.6 is 0 Å². The molecule has 0 aromatic heterocycles. The minimum atomic E-state index is -4.49. The van der Waals surface area contributed by atoms with Crippen LogP contribution in [0.1, 0.15) is 12.5 Å². The summed E-state index contributed by atoms with van der Waals surface area (Å²) in [5.74, 6) is -0.278. The number of ether oxygens (including phenoxy) is 1. The van der Waals surface area contributed by atoms with E-state index in [9.17, 15) is 22.8 Å². The zero-order valence-corrected chi connectivity index (χ0v) is 12.5. The maximum atomic E-state index is 12.6. The molecule has 0 radical (unpaired) electrons. The van der Waals surface area contributed by atoms with E-state index in [2.05, 4.69) is 10.6 Å². The Labute approximate surface area is 135 Å². The van der Waals surface area contributed by atoms with Crippen LogP contribution in [0.3, 0.4) is 0 Å². The number of urea groups is 1. The van der Waals surface area contributed by atoms with Crippen LogP contribution in [-0.2, 0) is 11.0 Å². The SMILES string of the molecule is CC(=O)Oc1cccc(NC(=O)Nc2cccc(C(F)(F)F)c2)c1. The van der Waals surface area contributed by atoms with Crippen molar-refractivity contribution >= 4 is 23.4 Å². The van der Waals surface area contributed by atoms with E-state index in [0.29, 0.717) is 5.69 Å². The van der Waals surface area contributed by atoms with Crippen LogP contribution in [0.15, 0.2) is 48.5 Å². The Morgan fingerprint density at radius 3 is 2.12 bits per heavy atom. The first-order chi connectivity index (χ1) is 11.2. The highest BCUT2D eigenvalue weighted by atomic mass is 19.4. The molecule has 0 saturated heterocycles. The highest BCUT2D eigenvalue weighted by Crippen LogP contribution is 2.30. The Hall–Kier alpha value is -3.03. The fourth-order valence-corrected chi connectivity index (χ4v) is 1.87. The molecule has 126 valence electrons. The predicted molar refractivity (Wildman–Crippen MR) is 81.8 cm³/mol. The van der Waals surface area contributed by atoms with E-state index in [-0.39, 0.29) is 11.4 Å². The molecular weight excluding hydrogens is 325 g/mol. The third-order valence-electron chi connectivity index (χ3n) is 2.80. The van der Waals surface area contributed by atoms with Gasteiger partial charge >= 0.3 is 18.2 Å². The second-order valence-corrected chi connectivity index (χ2v) is 4.78. The van der Waals surface area contributed by atoms with Crippen molar-refractivity contribution in [1.82, 2.24) is 0 Å². The summed E-state index contributed by atoms with van der Waals surface area (Å²) in [5.41, 5.74) is -0.547. The minimum absolute atomic E-state index is 0.00142. The van der Waals surface area contributed by atoms with E-state index in [1.165, 1.54) is 31.2 Å². The van der Waals surface area contributed by atoms with Crippen molar-refractivity contribution in [2.45, 2.75) is 13.1 Å². The number of amides is 2. The summed E-state index contributed by atoms with van der Waals surface area (Å²) < 4.78 is 42.8. The van der Waals surface area contributed by atoms with Crippen molar-refractivity contribution in [3.8, 4) is 5.75 Å². The largest absolute Gasteiger partial charge is 0.427 e. The van der Waals surface area contributed by atoms with Gasteiger partial charge in [0.25, 0.3) is 0 Å². The third kappa shape index (κ3) is 5.01. The molecule has 2 amide bonds. The molecule has 0 aliphatic heterocycles. The fourth-order valence-electron chi connectivity index (χ4n) is 1.87. The molecule has 0 bridgehead atoms. The van der Waals surface area contributed by atoms with Crippen LogP contribution in [0.5, 0.6) is 5.75 Å². The van der Waals surface area contributed by atoms with Gasteiger partial charge in [0.05, 0.1) is 5.56 Å². The average Bonchev–Trinajstić information content (AvgIpc) is 2.46. The average molecular weight is 338 g/mol. The minimum Gasteiger partial charge on any atom is -0.427 e. The standard InChI is InChI=1S/C16H13F3N2O3/c1-10(22)24-14-7-3-6-13(9-14)21-15(23)20-12-5-2-4-11(8-12)16(17,18)19/h2-9H,1H3,(H2,20,21,23). The summed E-state index contributed by atoms with van der Waals surface area (Å²) >= 11 is 0. The van der Waals surface area contributed by atoms with Crippen molar-refractivity contribution in [3.63, 3.8) is 0 Å². The summed E-state index contributed by atoms with van der Waals surface area (Å²) in [4.78, 5) is 22.8. The van der Waals surface area contributed by atoms with E-state index in [1.54, 1.807) is 12.1 Å². The number of anilines is 2. The molecular formula is C16H13F3N2O3. The number of alkyl halides is 3. The molecule has 5 nitrogen and oxygen atoms in total. The highest BCUT2D eigenvalue weighted by molar-refractivity contribution is 5.99. The smallest absolute Gasteiger partial charge is 0.416 e. The normalized spacial score (nSPS) is 10.8. The van der Waals surface area contributed by atoms with Gasteiger partial charge in [-0.15, -0.1) is 0 Å². The second kappa shape index (κ2) is 7.03. The molecule has 0 spiro atoms. The van der Waals surface area contributed by atoms with E-state index in [4.69, 9.17) is 4.74 Å². The molecule has 8 heteroatoms. The lowest BCUT2D eigenvalue weighted by Gasteiger charge is -2.11. The van der Waals surface area contributed by atoms with Crippen molar-refractivity contribution in [1.29, 1.82) is 0 Å². The van der Waals surface area contributed by atoms with Crippen molar-refractivity contribution in [3.05, 3.63) is 54.1 Å². The number of benzene rings is 2. The lowest BCUT2D eigenvalue weighted by Crippen LogP contribution is -2.19. The van der Waals surface area contributed by atoms with Gasteiger partial charge in [-0.2, -0.15) is 13.2 Å². The van der Waals surface area contributed by atoms with Gasteiger partial charge in [0, 0.05) is 24.4 Å². The van der Waals surface area contributed by atoms with E-state index < -0.39 is 23.7 Å². The van der Waals surface area contributed by atoms with Crippen molar-refractivity contribution in [2.75, 3.05) is 10.6 Å². The molecule has 24 heavy (non-hydrogen) atoms. The number of halogens is 3. The van der Waals surface area contributed by atoms with Gasteiger partial charge in [-0.3, -0.25) is 4.79 Å². The third-order valence-corrected chi connectivity index (χ3v) is 2.80. The zero-order chi connectivity index (χ0) is 17.7. The van der Waals surface area contributed by atoms with Gasteiger partial charge in [0.2, 0.25) is 0 Å². The Balaban J connectivity index is 2.05. The first kappa shape index (κ1) is 17.3. The zero-order valence-electron chi connectivity index (χ0n) is 12.5. The molecule has 2 aromatic rings. The Bertz CT molecular complexity index is 760. The van der Waals surface area contributed by atoms with Gasteiger partial charge in [-0.1, -0.05) is 12.1 Å². The van der Waals surface area contributed by atoms with Crippen LogP contribution in [0.2, 0.25) is 0 Å². The highest BCUT2D eigenvalue weighted by Gasteiger charge is 2.30. The number of rotatable bonds is 3. The molecule has 2 rings (SSSR count). The fraction of sp³-hybridized carbons (Fsp3) is 0.125. The second-order valence-electron chi connectivity index (χ2n) is 4.78. The van der Waals surface area contributed by atoms with Crippen LogP contribution in [0, 0.1) is 0 Å². The molecule has 0 aliphatic rings. The summed E-state index contributed by atoms with van der Waals surface area (Å²) in [6.45, 7) is 1.24. The van der Waals surface area contributed by atoms with Crippen LogP contribution < -0.4 is 15.4 Å². The maximum absolute atomic E-state index is 12.6. The van der Waals surface area contributed by atoms with Crippen molar-refractivity contribution in [2.24, 2.45) is 0 Å². The Morgan fingerprint density at radius 1 is 0.958 bits per heavy atom. The number of carbonyl (C=O) groups excluding carboxylic acids is 2. The summed E-state index contributed by atoms with van der Waals surface area (Å²) in [7, 11) is 0. The van der Waals surface area contributed by atoms with Crippen LogP contribution in [-0.4, -0.2) is 12.0 Å². The van der Waals surface area contributed by atoms with Gasteiger partial charge in [-0.25, -0.2) is 4.79 Å². The van der Waals surface area contributed by atoms with E-state index in [0.717, 1.165) is 12.1 Å². The quantitative estimate of drug-likeness (QED) is 0.648. The summed E-state index contributed by atoms with van der Waals surface area (Å²) in [5, 5.41) is 4.74. The topological polar surface area (TPSA) is 67.4 Å². The molecule has 2 aromatic carbocycles. The van der Waals surface area contributed by atoms with E-state index >= 15 is 0 Å². The summed E-state index contributed by atoms with van der Waals surface area (Å²) in [6.07, 6.45) is -4.49. The molecule has 0 atom stereocenters. The first-order valence-corrected chi connectivity index (χ1v) is 6.78. The van der Waals surface area contributed by atoms with Gasteiger partial charge in [-0.05, 0) is 30.3 Å². The molecule has 0 aliphatic carbocycles. The number of hydrogen-bond donors (Lipinski definition) is 2. The number of esters is 1. The Kier molecular flexibility index (Phi) is 5.08. The lowest BCUT2D eigenvalue weighted by atomic mass is 10.2. The molecule has 0 unspecified atom stereocenters. The number of hydrogen-bond acceptors (Lipinski definition) is 3. The first-order valence-electron chi connectivity index (χ1n) is 6.78. The van der Waals surface area contributed by atoms with Crippen LogP contribution in [0.4, 0.5) is 29.3 Å². The number of carbonyl (C=O) groups is 2. The molecule has 0 saturated carbocycles. The van der Waals surface area contributed by atoms with Gasteiger partial charge in [0.15, 0.2) is 0 Å². The van der Waals surface area contributed by atoms with Gasteiger partial charge in [0.1, 0.15) is 5.75 Å².